The molecule has 5 heterocycles. The van der Waals surface area contributed by atoms with Crippen molar-refractivity contribution in [3.05, 3.63) is 70.7 Å². The zero-order chi connectivity index (χ0) is 36.2. The molecule has 0 spiro atoms. The first-order valence-electron chi connectivity index (χ1n) is 18.4. The van der Waals surface area contributed by atoms with Crippen molar-refractivity contribution in [2.75, 3.05) is 0 Å². The number of carbonyl (C=O) groups excluding carboxylic acids is 4. The van der Waals surface area contributed by atoms with Crippen LogP contribution in [0.5, 0.6) is 0 Å². The summed E-state index contributed by atoms with van der Waals surface area (Å²) in [6.07, 6.45) is 10.3. The van der Waals surface area contributed by atoms with Gasteiger partial charge in [-0.2, -0.15) is 5.10 Å². The average molecular weight is 689 g/mol. The van der Waals surface area contributed by atoms with Crippen LogP contribution < -0.4 is 0 Å². The molecular weight excluding hydrogens is 640 g/mol. The Morgan fingerprint density at radius 3 is 2.37 bits per heavy atom. The lowest BCUT2D eigenvalue weighted by Crippen LogP contribution is -2.45. The lowest BCUT2D eigenvalue weighted by atomic mass is 9.69. The Bertz CT molecular complexity index is 2060. The summed E-state index contributed by atoms with van der Waals surface area (Å²) in [4.78, 5) is 70.7. The highest BCUT2D eigenvalue weighted by molar-refractivity contribution is 6.07. The van der Waals surface area contributed by atoms with Crippen LogP contribution in [0.4, 0.5) is 0 Å². The molecule has 1 saturated heterocycles. The van der Waals surface area contributed by atoms with E-state index in [4.69, 9.17) is 5.10 Å². The first-order valence-corrected chi connectivity index (χ1v) is 18.4. The molecule has 3 aliphatic rings. The maximum atomic E-state index is 14.7. The van der Waals surface area contributed by atoms with Crippen LogP contribution in [0, 0.1) is 31.6 Å². The summed E-state index contributed by atoms with van der Waals surface area (Å²) in [6.45, 7) is 11.4. The minimum Gasteiger partial charge on any atom is -0.327 e. The van der Waals surface area contributed by atoms with Gasteiger partial charge in [0.05, 0.1) is 23.7 Å². The highest BCUT2D eigenvalue weighted by Crippen LogP contribution is 2.69. The van der Waals surface area contributed by atoms with E-state index < -0.39 is 6.04 Å². The second-order valence-electron chi connectivity index (χ2n) is 15.9. The normalized spacial score (nSPS) is 23.6. The maximum Gasteiger partial charge on any atom is 0.245 e. The van der Waals surface area contributed by atoms with Gasteiger partial charge in [0.25, 0.3) is 0 Å². The average Bonchev–Trinajstić information content (AvgIpc) is 3.53. The summed E-state index contributed by atoms with van der Waals surface area (Å²) < 4.78 is 1.70. The Labute approximate surface area is 299 Å². The molecule has 1 saturated carbocycles. The van der Waals surface area contributed by atoms with Gasteiger partial charge in [-0.05, 0) is 93.2 Å². The zero-order valence-electron chi connectivity index (χ0n) is 30.7. The fraction of sp³-hybridized carbons (Fsp3) is 0.512. The summed E-state index contributed by atoms with van der Waals surface area (Å²) in [7, 11) is 0. The first kappa shape index (κ1) is 34.8. The number of hydrogen-bond acceptors (Lipinski definition) is 8. The van der Waals surface area contributed by atoms with E-state index in [0.717, 1.165) is 71.3 Å². The standard InChI is InChI=1S/C41H48N6O4/c1-24-13-14-25(2)44-33(24)17-35(50)34-19-41-20-36(41)47(34)37(51)23-46-39-28(11-9-7-8-10-12-31(49)18-40(41,5)6)15-29(30-21-42-27(4)43-22-30)16-32(39)38(45-46)26(3)48/h13-16,21-22,34,36H,7-12,17-20,23H2,1-6H3/t34-,36+,41+/m0/s1. The van der Waals surface area contributed by atoms with Gasteiger partial charge in [0, 0.05) is 60.3 Å². The molecule has 2 fully saturated rings. The van der Waals surface area contributed by atoms with Crippen molar-refractivity contribution in [2.45, 2.75) is 124 Å². The van der Waals surface area contributed by atoms with Crippen molar-refractivity contribution in [1.82, 2.24) is 29.6 Å². The van der Waals surface area contributed by atoms with E-state index in [1.165, 1.54) is 6.92 Å². The van der Waals surface area contributed by atoms with Crippen LogP contribution in [0.1, 0.15) is 111 Å². The Hall–Kier alpha value is -4.60. The number of piperidine rings is 1. The number of pyridine rings is 1. The highest BCUT2D eigenvalue weighted by atomic mass is 16.2. The minimum absolute atomic E-state index is 0.0342. The van der Waals surface area contributed by atoms with Crippen molar-refractivity contribution in [1.29, 1.82) is 0 Å². The molecule has 0 unspecified atom stereocenters. The minimum atomic E-state index is -0.632. The highest BCUT2D eigenvalue weighted by Gasteiger charge is 2.72. The van der Waals surface area contributed by atoms with Crippen molar-refractivity contribution in [3.8, 4) is 11.1 Å². The number of amides is 1. The Kier molecular flexibility index (Phi) is 9.00. The third-order valence-electron chi connectivity index (χ3n) is 11.9. The van der Waals surface area contributed by atoms with Gasteiger partial charge in [0.2, 0.25) is 5.91 Å². The van der Waals surface area contributed by atoms with Crippen LogP contribution in [-0.4, -0.2) is 65.0 Å². The van der Waals surface area contributed by atoms with Gasteiger partial charge in [-0.25, -0.2) is 9.97 Å². The predicted octanol–water partition coefficient (Wildman–Crippen LogP) is 6.68. The van der Waals surface area contributed by atoms with E-state index in [1.54, 1.807) is 17.1 Å². The SMILES string of the molecule is CC(=O)c1nn2c3c(cc(-c4cnc(C)nc4)cc13)CCCCCCC(=O)CC(C)(C)[C@@]13C[C@@H](C(=O)Cc4nc(C)ccc4C)N(C(=O)C2)[C@@H]1C3. The molecule has 2 aliphatic heterocycles. The molecule has 7 rings (SSSR count). The van der Waals surface area contributed by atoms with Crippen LogP contribution in [0.2, 0.25) is 0 Å². The molecule has 1 amide bonds. The predicted molar refractivity (Wildman–Crippen MR) is 194 cm³/mol. The van der Waals surface area contributed by atoms with Crippen molar-refractivity contribution < 1.29 is 19.2 Å². The summed E-state index contributed by atoms with van der Waals surface area (Å²) in [5.74, 6) is 0.514. The van der Waals surface area contributed by atoms with Crippen LogP contribution in [-0.2, 0) is 33.8 Å². The number of carbonyl (C=O) groups is 4. The van der Waals surface area contributed by atoms with Gasteiger partial charge in [0.1, 0.15) is 23.8 Å². The number of hydrogen-bond donors (Lipinski definition) is 0. The van der Waals surface area contributed by atoms with Gasteiger partial charge >= 0.3 is 0 Å². The van der Waals surface area contributed by atoms with Gasteiger partial charge in [-0.3, -0.25) is 28.8 Å². The molecule has 0 radical (unpaired) electrons. The molecule has 266 valence electrons. The zero-order valence-corrected chi connectivity index (χ0v) is 30.7. The van der Waals surface area contributed by atoms with Gasteiger partial charge in [0.15, 0.2) is 11.6 Å². The van der Waals surface area contributed by atoms with Crippen LogP contribution in [0.3, 0.4) is 0 Å². The monoisotopic (exact) mass is 688 g/mol. The number of aromatic nitrogens is 5. The molecular formula is C41H48N6O4. The third-order valence-corrected chi connectivity index (χ3v) is 11.9. The smallest absolute Gasteiger partial charge is 0.245 e. The largest absolute Gasteiger partial charge is 0.327 e. The number of nitrogens with zero attached hydrogens (tertiary/aromatic N) is 6. The van der Waals surface area contributed by atoms with Gasteiger partial charge < -0.3 is 4.90 Å². The van der Waals surface area contributed by atoms with E-state index >= 15 is 0 Å². The van der Waals surface area contributed by atoms with Crippen molar-refractivity contribution in [2.24, 2.45) is 10.8 Å². The number of ketones is 3. The van der Waals surface area contributed by atoms with E-state index in [2.05, 4.69) is 34.9 Å². The molecule has 4 aromatic rings. The Balaban J connectivity index is 1.32. The Morgan fingerprint density at radius 1 is 0.922 bits per heavy atom. The summed E-state index contributed by atoms with van der Waals surface area (Å²) >= 11 is 0. The maximum absolute atomic E-state index is 14.7. The fourth-order valence-electron chi connectivity index (χ4n) is 8.93. The number of benzene rings is 1. The summed E-state index contributed by atoms with van der Waals surface area (Å²) in [5.41, 5.74) is 5.62. The van der Waals surface area contributed by atoms with E-state index in [0.29, 0.717) is 42.6 Å². The molecule has 1 aliphatic carbocycles. The molecule has 10 heteroatoms. The van der Waals surface area contributed by atoms with Gasteiger partial charge in [-0.15, -0.1) is 0 Å². The van der Waals surface area contributed by atoms with E-state index in [-0.39, 0.29) is 53.1 Å². The molecule has 1 aromatic carbocycles. The van der Waals surface area contributed by atoms with E-state index in [9.17, 15) is 19.2 Å². The molecule has 51 heavy (non-hydrogen) atoms. The second kappa shape index (κ2) is 13.2. The first-order chi connectivity index (χ1) is 24.3. The quantitative estimate of drug-likeness (QED) is 0.213. The third kappa shape index (κ3) is 6.42. The number of Topliss-reactive ketones (excluding diaryl/α,β-unsaturated/α-hetero) is 3. The van der Waals surface area contributed by atoms with Crippen LogP contribution in [0.15, 0.2) is 36.7 Å². The molecule has 0 N–H and O–H groups in total. The summed E-state index contributed by atoms with van der Waals surface area (Å²) in [5, 5.41) is 5.50. The molecule has 10 nitrogen and oxygen atoms in total. The number of aryl methyl sites for hydroxylation is 4. The van der Waals surface area contributed by atoms with E-state index in [1.807, 2.05) is 43.9 Å². The Morgan fingerprint density at radius 2 is 1.65 bits per heavy atom. The molecule has 3 aromatic heterocycles. The van der Waals surface area contributed by atoms with Crippen molar-refractivity contribution in [3.63, 3.8) is 0 Å². The molecule has 3 atom stereocenters. The number of rotatable bonds is 5. The van der Waals surface area contributed by atoms with Crippen LogP contribution >= 0.6 is 0 Å². The lowest BCUT2D eigenvalue weighted by molar-refractivity contribution is -0.139. The van der Waals surface area contributed by atoms with Crippen LogP contribution in [0.25, 0.3) is 22.0 Å². The second-order valence-corrected chi connectivity index (χ2v) is 15.9. The van der Waals surface area contributed by atoms with Crippen molar-refractivity contribution >= 4 is 34.2 Å². The summed E-state index contributed by atoms with van der Waals surface area (Å²) in [6, 6.07) is 7.20. The topological polar surface area (TPSA) is 128 Å². The molecule has 2 bridgehead atoms. The fourth-order valence-corrected chi connectivity index (χ4v) is 8.93. The lowest BCUT2D eigenvalue weighted by Gasteiger charge is -2.33. The van der Waals surface area contributed by atoms with Gasteiger partial charge in [-0.1, -0.05) is 32.8 Å².